The number of hydrogen-bond acceptors (Lipinski definition) is 3. The van der Waals surface area contributed by atoms with Crippen molar-refractivity contribution in [1.29, 1.82) is 0 Å². The summed E-state index contributed by atoms with van der Waals surface area (Å²) >= 11 is 0. The average molecular weight is 248 g/mol. The fourth-order valence-corrected chi connectivity index (χ4v) is 2.13. The van der Waals surface area contributed by atoms with E-state index in [0.29, 0.717) is 0 Å². The van der Waals surface area contributed by atoms with Gasteiger partial charge in [-0.2, -0.15) is 0 Å². The van der Waals surface area contributed by atoms with E-state index >= 15 is 0 Å². The SMILES string of the molecule is Cc1ccc(C(O)CNC(=O)C2CCNC2)cc1. The molecule has 1 fully saturated rings. The van der Waals surface area contributed by atoms with Crippen molar-refractivity contribution < 1.29 is 9.90 Å². The summed E-state index contributed by atoms with van der Waals surface area (Å²) in [5.74, 6) is 0.0846. The highest BCUT2D eigenvalue weighted by molar-refractivity contribution is 5.79. The van der Waals surface area contributed by atoms with Crippen molar-refractivity contribution in [3.8, 4) is 0 Å². The van der Waals surface area contributed by atoms with Crippen molar-refractivity contribution in [3.05, 3.63) is 35.4 Å². The highest BCUT2D eigenvalue weighted by atomic mass is 16.3. The Balaban J connectivity index is 1.82. The van der Waals surface area contributed by atoms with Crippen molar-refractivity contribution in [1.82, 2.24) is 10.6 Å². The van der Waals surface area contributed by atoms with Gasteiger partial charge in [-0.05, 0) is 25.5 Å². The fraction of sp³-hybridized carbons (Fsp3) is 0.500. The Hall–Kier alpha value is -1.39. The first-order valence-corrected chi connectivity index (χ1v) is 6.40. The fourth-order valence-electron chi connectivity index (χ4n) is 2.13. The van der Waals surface area contributed by atoms with Gasteiger partial charge in [-0.3, -0.25) is 4.79 Å². The third kappa shape index (κ3) is 3.31. The summed E-state index contributed by atoms with van der Waals surface area (Å²) in [5, 5.41) is 15.9. The van der Waals surface area contributed by atoms with Gasteiger partial charge in [0.1, 0.15) is 0 Å². The summed E-state index contributed by atoms with van der Waals surface area (Å²) in [7, 11) is 0. The lowest BCUT2D eigenvalue weighted by molar-refractivity contribution is -0.124. The molecule has 1 amide bonds. The number of nitrogens with one attached hydrogen (secondary N) is 2. The molecule has 1 aromatic rings. The molecule has 1 aromatic carbocycles. The second-order valence-corrected chi connectivity index (χ2v) is 4.86. The summed E-state index contributed by atoms with van der Waals surface area (Å²) in [6.45, 7) is 3.93. The maximum absolute atomic E-state index is 11.8. The molecule has 0 saturated carbocycles. The monoisotopic (exact) mass is 248 g/mol. The lowest BCUT2D eigenvalue weighted by Crippen LogP contribution is -2.34. The minimum atomic E-state index is -0.635. The van der Waals surface area contributed by atoms with Crippen LogP contribution in [0.15, 0.2) is 24.3 Å². The molecule has 0 aliphatic carbocycles. The number of rotatable bonds is 4. The van der Waals surface area contributed by atoms with Crippen LogP contribution in [0.25, 0.3) is 0 Å². The maximum atomic E-state index is 11.8. The van der Waals surface area contributed by atoms with Gasteiger partial charge in [-0.15, -0.1) is 0 Å². The Morgan fingerprint density at radius 2 is 2.22 bits per heavy atom. The summed E-state index contributed by atoms with van der Waals surface area (Å²) in [5.41, 5.74) is 2.00. The van der Waals surface area contributed by atoms with E-state index in [1.165, 1.54) is 0 Å². The Kier molecular flexibility index (Phi) is 4.33. The molecule has 1 aliphatic rings. The minimum absolute atomic E-state index is 0.0335. The van der Waals surface area contributed by atoms with Gasteiger partial charge in [0, 0.05) is 13.1 Å². The first-order chi connectivity index (χ1) is 8.66. The van der Waals surface area contributed by atoms with E-state index in [1.807, 2.05) is 31.2 Å². The highest BCUT2D eigenvalue weighted by Crippen LogP contribution is 2.13. The van der Waals surface area contributed by atoms with E-state index in [-0.39, 0.29) is 18.4 Å². The molecular formula is C14H20N2O2. The normalized spacial score (nSPS) is 20.7. The van der Waals surface area contributed by atoms with Crippen LogP contribution >= 0.6 is 0 Å². The average Bonchev–Trinajstić information content (AvgIpc) is 2.90. The number of carbonyl (C=O) groups excluding carboxylic acids is 1. The number of hydrogen-bond donors (Lipinski definition) is 3. The third-order valence-electron chi connectivity index (χ3n) is 3.36. The quantitative estimate of drug-likeness (QED) is 0.737. The Morgan fingerprint density at radius 3 is 2.83 bits per heavy atom. The zero-order valence-corrected chi connectivity index (χ0v) is 10.6. The van der Waals surface area contributed by atoms with E-state index in [2.05, 4.69) is 10.6 Å². The number of amides is 1. The van der Waals surface area contributed by atoms with Crippen molar-refractivity contribution in [2.45, 2.75) is 19.4 Å². The van der Waals surface area contributed by atoms with Crippen LogP contribution in [0, 0.1) is 12.8 Å². The van der Waals surface area contributed by atoms with Crippen molar-refractivity contribution >= 4 is 5.91 Å². The van der Waals surface area contributed by atoms with Gasteiger partial charge in [-0.25, -0.2) is 0 Å². The van der Waals surface area contributed by atoms with Crippen LogP contribution in [-0.2, 0) is 4.79 Å². The van der Waals surface area contributed by atoms with Crippen molar-refractivity contribution in [3.63, 3.8) is 0 Å². The minimum Gasteiger partial charge on any atom is -0.387 e. The van der Waals surface area contributed by atoms with Gasteiger partial charge in [0.25, 0.3) is 0 Å². The standard InChI is InChI=1S/C14H20N2O2/c1-10-2-4-11(5-3-10)13(17)9-16-14(18)12-6-7-15-8-12/h2-5,12-13,15,17H,6-9H2,1H3,(H,16,18). The molecule has 98 valence electrons. The van der Waals surface area contributed by atoms with Gasteiger partial charge in [0.15, 0.2) is 0 Å². The van der Waals surface area contributed by atoms with Gasteiger partial charge >= 0.3 is 0 Å². The van der Waals surface area contributed by atoms with Crippen LogP contribution in [-0.4, -0.2) is 30.6 Å². The third-order valence-corrected chi connectivity index (χ3v) is 3.36. The molecule has 0 spiro atoms. The Bertz CT molecular complexity index is 397. The van der Waals surface area contributed by atoms with Gasteiger partial charge in [-0.1, -0.05) is 29.8 Å². The van der Waals surface area contributed by atoms with E-state index < -0.39 is 6.10 Å². The van der Waals surface area contributed by atoms with E-state index in [9.17, 15) is 9.90 Å². The molecule has 2 rings (SSSR count). The van der Waals surface area contributed by atoms with Crippen LogP contribution < -0.4 is 10.6 Å². The summed E-state index contributed by atoms with van der Waals surface area (Å²) in [6, 6.07) is 7.70. The molecule has 1 heterocycles. The first-order valence-electron chi connectivity index (χ1n) is 6.40. The predicted molar refractivity (Wildman–Crippen MR) is 70.1 cm³/mol. The lowest BCUT2D eigenvalue weighted by atomic mass is 10.1. The van der Waals surface area contributed by atoms with Crippen LogP contribution in [0.1, 0.15) is 23.7 Å². The van der Waals surface area contributed by atoms with Crippen LogP contribution in [0.5, 0.6) is 0 Å². The van der Waals surface area contributed by atoms with E-state index in [1.54, 1.807) is 0 Å². The molecule has 1 saturated heterocycles. The zero-order chi connectivity index (χ0) is 13.0. The number of aliphatic hydroxyl groups is 1. The number of aryl methyl sites for hydroxylation is 1. The van der Waals surface area contributed by atoms with Gasteiger partial charge < -0.3 is 15.7 Å². The highest BCUT2D eigenvalue weighted by Gasteiger charge is 2.22. The molecule has 4 nitrogen and oxygen atoms in total. The number of benzene rings is 1. The summed E-state index contributed by atoms with van der Waals surface area (Å²) in [6.07, 6.45) is 0.246. The molecule has 2 unspecified atom stereocenters. The smallest absolute Gasteiger partial charge is 0.224 e. The lowest BCUT2D eigenvalue weighted by Gasteiger charge is -2.14. The van der Waals surface area contributed by atoms with Crippen LogP contribution in [0.2, 0.25) is 0 Å². The first kappa shape index (κ1) is 13.1. The zero-order valence-electron chi connectivity index (χ0n) is 10.6. The topological polar surface area (TPSA) is 61.4 Å². The van der Waals surface area contributed by atoms with Crippen LogP contribution in [0.3, 0.4) is 0 Å². The Labute approximate surface area is 107 Å². The van der Waals surface area contributed by atoms with Gasteiger partial charge in [0.2, 0.25) is 5.91 Å². The molecule has 4 heteroatoms. The molecule has 1 aliphatic heterocycles. The molecule has 2 atom stereocenters. The summed E-state index contributed by atoms with van der Waals surface area (Å²) in [4.78, 5) is 11.8. The summed E-state index contributed by atoms with van der Waals surface area (Å²) < 4.78 is 0. The number of aliphatic hydroxyl groups excluding tert-OH is 1. The van der Waals surface area contributed by atoms with Crippen LogP contribution in [0.4, 0.5) is 0 Å². The molecule has 0 bridgehead atoms. The maximum Gasteiger partial charge on any atom is 0.224 e. The molecule has 18 heavy (non-hydrogen) atoms. The van der Waals surface area contributed by atoms with Gasteiger partial charge in [0.05, 0.1) is 12.0 Å². The molecule has 0 radical (unpaired) electrons. The van der Waals surface area contributed by atoms with Crippen molar-refractivity contribution in [2.24, 2.45) is 5.92 Å². The van der Waals surface area contributed by atoms with Crippen molar-refractivity contribution in [2.75, 3.05) is 19.6 Å². The number of carbonyl (C=O) groups is 1. The molecule has 0 aromatic heterocycles. The predicted octanol–water partition coefficient (Wildman–Crippen LogP) is 0.754. The molecule has 3 N–H and O–H groups in total. The second kappa shape index (κ2) is 5.98. The second-order valence-electron chi connectivity index (χ2n) is 4.86. The van der Waals surface area contributed by atoms with E-state index in [0.717, 1.165) is 30.6 Å². The molecular weight excluding hydrogens is 228 g/mol. The van der Waals surface area contributed by atoms with E-state index in [4.69, 9.17) is 0 Å². The largest absolute Gasteiger partial charge is 0.387 e. The Morgan fingerprint density at radius 1 is 1.50 bits per heavy atom.